The number of nitrogens with zero attached hydrogens (tertiary/aromatic N) is 1. The Hall–Kier alpha value is -2.16. The molecule has 0 amide bonds. The average Bonchev–Trinajstić information content (AvgIpc) is 2.34. The number of rotatable bonds is 3. The minimum atomic E-state index is -0.0479. The topological polar surface area (TPSA) is 39.2 Å². The van der Waals surface area contributed by atoms with Crippen LogP contribution in [0.15, 0.2) is 36.5 Å². The molecule has 0 saturated heterocycles. The van der Waals surface area contributed by atoms with Crippen molar-refractivity contribution >= 4 is 5.78 Å². The quantitative estimate of drug-likeness (QED) is 0.769. The molecule has 0 unspecified atom stereocenters. The third-order valence-corrected chi connectivity index (χ3v) is 2.67. The zero-order valence-electron chi connectivity index (χ0n) is 10.7. The third-order valence-electron chi connectivity index (χ3n) is 2.67. The Kier molecular flexibility index (Phi) is 3.42. The number of ketones is 1. The number of ether oxygens (including phenoxy) is 1. The van der Waals surface area contributed by atoms with E-state index in [0.717, 1.165) is 16.9 Å². The second-order valence-corrected chi connectivity index (χ2v) is 4.31. The number of benzene rings is 1. The highest BCUT2D eigenvalue weighted by Gasteiger charge is 2.04. The van der Waals surface area contributed by atoms with E-state index in [0.29, 0.717) is 11.4 Å². The van der Waals surface area contributed by atoms with Gasteiger partial charge in [0.2, 0.25) is 0 Å². The molecule has 0 aliphatic rings. The van der Waals surface area contributed by atoms with Crippen molar-refractivity contribution in [3.63, 3.8) is 0 Å². The number of carbonyl (C=O) groups is 1. The van der Waals surface area contributed by atoms with Crippen LogP contribution in [0.4, 0.5) is 0 Å². The van der Waals surface area contributed by atoms with Gasteiger partial charge in [0.15, 0.2) is 5.78 Å². The van der Waals surface area contributed by atoms with Gasteiger partial charge in [-0.05, 0) is 43.2 Å². The van der Waals surface area contributed by atoms with E-state index in [1.807, 2.05) is 32.0 Å². The van der Waals surface area contributed by atoms with Crippen molar-refractivity contribution in [2.24, 2.45) is 0 Å². The molecule has 18 heavy (non-hydrogen) atoms. The summed E-state index contributed by atoms with van der Waals surface area (Å²) < 4.78 is 5.75. The number of carbonyl (C=O) groups excluding carboxylic acids is 1. The van der Waals surface area contributed by atoms with Crippen LogP contribution in [0.25, 0.3) is 0 Å². The van der Waals surface area contributed by atoms with Gasteiger partial charge in [-0.3, -0.25) is 4.79 Å². The van der Waals surface area contributed by atoms with Gasteiger partial charge in [0, 0.05) is 6.92 Å². The van der Waals surface area contributed by atoms with Crippen LogP contribution in [-0.2, 0) is 0 Å². The Balaban J connectivity index is 2.23. The molecule has 0 atom stereocenters. The van der Waals surface area contributed by atoms with Crippen molar-refractivity contribution in [2.75, 3.05) is 0 Å². The van der Waals surface area contributed by atoms with Gasteiger partial charge in [-0.15, -0.1) is 0 Å². The highest BCUT2D eigenvalue weighted by atomic mass is 16.5. The lowest BCUT2D eigenvalue weighted by Gasteiger charge is -2.09. The van der Waals surface area contributed by atoms with Crippen molar-refractivity contribution < 1.29 is 9.53 Å². The van der Waals surface area contributed by atoms with Gasteiger partial charge in [-0.25, -0.2) is 4.98 Å². The molecule has 0 radical (unpaired) electrons. The minimum Gasteiger partial charge on any atom is -0.455 e. The van der Waals surface area contributed by atoms with Gasteiger partial charge in [0.1, 0.15) is 17.2 Å². The van der Waals surface area contributed by atoms with Crippen molar-refractivity contribution in [1.82, 2.24) is 4.98 Å². The maximum Gasteiger partial charge on any atom is 0.178 e. The third kappa shape index (κ3) is 2.74. The smallest absolute Gasteiger partial charge is 0.178 e. The minimum absolute atomic E-state index is 0.0479. The van der Waals surface area contributed by atoms with Crippen LogP contribution < -0.4 is 4.74 Å². The molecule has 3 heteroatoms. The van der Waals surface area contributed by atoms with Gasteiger partial charge < -0.3 is 4.74 Å². The fraction of sp³-hybridized carbons (Fsp3) is 0.200. The summed E-state index contributed by atoms with van der Waals surface area (Å²) in [6.45, 7) is 5.50. The van der Waals surface area contributed by atoms with E-state index in [2.05, 4.69) is 4.98 Å². The predicted octanol–water partition coefficient (Wildman–Crippen LogP) is 3.69. The van der Waals surface area contributed by atoms with Crippen LogP contribution in [0.2, 0.25) is 0 Å². The normalized spacial score (nSPS) is 10.2. The van der Waals surface area contributed by atoms with E-state index in [9.17, 15) is 4.79 Å². The van der Waals surface area contributed by atoms with Crippen molar-refractivity contribution in [3.05, 3.63) is 53.3 Å². The monoisotopic (exact) mass is 241 g/mol. The molecule has 1 heterocycles. The second kappa shape index (κ2) is 5.00. The fourth-order valence-corrected chi connectivity index (χ4v) is 1.59. The van der Waals surface area contributed by atoms with Crippen LogP contribution in [0.1, 0.15) is 28.5 Å². The van der Waals surface area contributed by atoms with E-state index in [1.54, 1.807) is 18.3 Å². The molecule has 0 aliphatic heterocycles. The fourth-order valence-electron chi connectivity index (χ4n) is 1.59. The average molecular weight is 241 g/mol. The molecular formula is C15H15NO2. The van der Waals surface area contributed by atoms with Gasteiger partial charge in [-0.1, -0.05) is 12.1 Å². The van der Waals surface area contributed by atoms with E-state index in [4.69, 9.17) is 4.74 Å². The van der Waals surface area contributed by atoms with Gasteiger partial charge in [0.25, 0.3) is 0 Å². The summed E-state index contributed by atoms with van der Waals surface area (Å²) in [5.41, 5.74) is 2.66. The molecular weight excluding hydrogens is 226 g/mol. The lowest BCUT2D eigenvalue weighted by molar-refractivity contribution is 0.101. The molecule has 0 saturated carbocycles. The molecule has 2 rings (SSSR count). The van der Waals surface area contributed by atoms with E-state index < -0.39 is 0 Å². The Bertz CT molecular complexity index is 574. The van der Waals surface area contributed by atoms with Gasteiger partial charge >= 0.3 is 0 Å². The van der Waals surface area contributed by atoms with E-state index in [-0.39, 0.29) is 5.78 Å². The summed E-state index contributed by atoms with van der Waals surface area (Å²) in [7, 11) is 0. The Morgan fingerprint density at radius 3 is 2.56 bits per heavy atom. The number of hydrogen-bond donors (Lipinski definition) is 0. The first kappa shape index (κ1) is 12.3. The molecule has 92 valence electrons. The van der Waals surface area contributed by atoms with Gasteiger partial charge in [-0.2, -0.15) is 0 Å². The largest absolute Gasteiger partial charge is 0.455 e. The van der Waals surface area contributed by atoms with E-state index >= 15 is 0 Å². The molecule has 1 aromatic carbocycles. The van der Waals surface area contributed by atoms with Gasteiger partial charge in [0.05, 0.1) is 6.20 Å². The maximum atomic E-state index is 11.1. The Morgan fingerprint density at radius 2 is 1.94 bits per heavy atom. The Morgan fingerprint density at radius 1 is 1.17 bits per heavy atom. The maximum absolute atomic E-state index is 11.1. The van der Waals surface area contributed by atoms with Crippen molar-refractivity contribution in [2.45, 2.75) is 20.8 Å². The summed E-state index contributed by atoms with van der Waals surface area (Å²) in [4.78, 5) is 15.2. The first-order valence-electron chi connectivity index (χ1n) is 5.78. The van der Waals surface area contributed by atoms with Crippen molar-refractivity contribution in [3.8, 4) is 11.5 Å². The number of pyridine rings is 1. The number of aryl methyl sites for hydroxylation is 2. The molecule has 0 spiro atoms. The molecule has 2 aromatic rings. The summed E-state index contributed by atoms with van der Waals surface area (Å²) in [6, 6.07) is 9.46. The zero-order chi connectivity index (χ0) is 13.1. The predicted molar refractivity (Wildman–Crippen MR) is 70.2 cm³/mol. The SMILES string of the molecule is CC(=O)c1ccc(Oc2cc(C)ccc2C)cn1. The highest BCUT2D eigenvalue weighted by molar-refractivity contribution is 5.92. The summed E-state index contributed by atoms with van der Waals surface area (Å²) in [5.74, 6) is 1.40. The molecule has 0 fully saturated rings. The van der Waals surface area contributed by atoms with Crippen LogP contribution in [0.5, 0.6) is 11.5 Å². The second-order valence-electron chi connectivity index (χ2n) is 4.31. The van der Waals surface area contributed by atoms with Crippen LogP contribution >= 0.6 is 0 Å². The van der Waals surface area contributed by atoms with Crippen LogP contribution in [-0.4, -0.2) is 10.8 Å². The molecule has 3 nitrogen and oxygen atoms in total. The molecule has 0 aliphatic carbocycles. The lowest BCUT2D eigenvalue weighted by Crippen LogP contribution is -1.96. The van der Waals surface area contributed by atoms with E-state index in [1.165, 1.54) is 6.92 Å². The Labute approximate surface area is 106 Å². The molecule has 1 aromatic heterocycles. The van der Waals surface area contributed by atoms with Crippen molar-refractivity contribution in [1.29, 1.82) is 0 Å². The first-order valence-corrected chi connectivity index (χ1v) is 5.78. The number of Topliss-reactive ketones (excluding diaryl/α,β-unsaturated/α-hetero) is 1. The van der Waals surface area contributed by atoms with Crippen LogP contribution in [0.3, 0.4) is 0 Å². The lowest BCUT2D eigenvalue weighted by atomic mass is 10.1. The highest BCUT2D eigenvalue weighted by Crippen LogP contribution is 2.25. The molecule has 0 bridgehead atoms. The summed E-state index contributed by atoms with van der Waals surface area (Å²) in [5, 5.41) is 0. The molecule has 0 N–H and O–H groups in total. The summed E-state index contributed by atoms with van der Waals surface area (Å²) >= 11 is 0. The number of hydrogen-bond acceptors (Lipinski definition) is 3. The zero-order valence-corrected chi connectivity index (χ0v) is 10.7. The first-order chi connectivity index (χ1) is 8.56. The number of aromatic nitrogens is 1. The summed E-state index contributed by atoms with van der Waals surface area (Å²) in [6.07, 6.45) is 1.57. The standard InChI is InChI=1S/C15H15NO2/c1-10-4-5-11(2)15(8-10)18-13-6-7-14(12(3)17)16-9-13/h4-9H,1-3H3. The van der Waals surface area contributed by atoms with Crippen LogP contribution in [0, 0.1) is 13.8 Å².